The highest BCUT2D eigenvalue weighted by Crippen LogP contribution is 2.47. The zero-order valence-corrected chi connectivity index (χ0v) is 17.7. The third kappa shape index (κ3) is 3.36. The molecule has 148 valence electrons. The first kappa shape index (κ1) is 18.8. The van der Waals surface area contributed by atoms with Gasteiger partial charge in [0.2, 0.25) is 5.89 Å². The van der Waals surface area contributed by atoms with Gasteiger partial charge in [0.05, 0.1) is 11.4 Å². The highest BCUT2D eigenvalue weighted by molar-refractivity contribution is 7.99. The van der Waals surface area contributed by atoms with Crippen LogP contribution in [0.15, 0.2) is 87.0 Å². The summed E-state index contributed by atoms with van der Waals surface area (Å²) in [5, 5.41) is 4.45. The standard InChI is InChI=1S/C23H17N3O2S2/c1-15-10-12-16(13-11-15)22-24-25(23(29)28-22)14-21(27)26-17-6-2-4-8-19(17)30-20-9-5-3-7-18(20)26/h2-13H,14H2,1H3. The normalized spacial score (nSPS) is 12.4. The van der Waals surface area contributed by atoms with E-state index in [1.807, 2.05) is 79.7 Å². The number of hydrogen-bond acceptors (Lipinski definition) is 5. The predicted octanol–water partition coefficient (Wildman–Crippen LogP) is 6.01. The lowest BCUT2D eigenvalue weighted by atomic mass is 10.1. The van der Waals surface area contributed by atoms with Crippen LogP contribution in [-0.2, 0) is 11.3 Å². The van der Waals surface area contributed by atoms with Crippen LogP contribution in [0.2, 0.25) is 0 Å². The topological polar surface area (TPSA) is 51.3 Å². The van der Waals surface area contributed by atoms with Gasteiger partial charge < -0.3 is 4.42 Å². The van der Waals surface area contributed by atoms with Crippen molar-refractivity contribution in [2.24, 2.45) is 0 Å². The number of benzene rings is 3. The summed E-state index contributed by atoms with van der Waals surface area (Å²) < 4.78 is 7.10. The zero-order valence-electron chi connectivity index (χ0n) is 16.1. The van der Waals surface area contributed by atoms with E-state index in [2.05, 4.69) is 5.10 Å². The van der Waals surface area contributed by atoms with Gasteiger partial charge in [-0.3, -0.25) is 9.69 Å². The van der Waals surface area contributed by atoms with Crippen LogP contribution in [0, 0.1) is 11.8 Å². The minimum atomic E-state index is -0.130. The molecule has 0 saturated heterocycles. The monoisotopic (exact) mass is 431 g/mol. The molecule has 0 N–H and O–H groups in total. The lowest BCUT2D eigenvalue weighted by Gasteiger charge is -2.30. The van der Waals surface area contributed by atoms with E-state index in [9.17, 15) is 4.79 Å². The molecule has 5 rings (SSSR count). The van der Waals surface area contributed by atoms with Crippen LogP contribution >= 0.6 is 24.0 Å². The Bertz CT molecular complexity index is 1260. The third-order valence-electron chi connectivity index (χ3n) is 4.87. The van der Waals surface area contributed by atoms with E-state index in [-0.39, 0.29) is 17.3 Å². The van der Waals surface area contributed by atoms with Gasteiger partial charge in [0, 0.05) is 15.4 Å². The lowest BCUT2D eigenvalue weighted by molar-refractivity contribution is -0.118. The van der Waals surface area contributed by atoms with Crippen molar-refractivity contribution in [3.63, 3.8) is 0 Å². The molecule has 3 aromatic carbocycles. The molecule has 0 atom stereocenters. The van der Waals surface area contributed by atoms with E-state index in [1.165, 1.54) is 4.68 Å². The first-order valence-corrected chi connectivity index (χ1v) is 10.7. The Hall–Kier alpha value is -3.16. The maximum atomic E-state index is 13.4. The zero-order chi connectivity index (χ0) is 20.7. The number of amides is 1. The summed E-state index contributed by atoms with van der Waals surface area (Å²) >= 11 is 6.99. The molecular formula is C23H17N3O2S2. The van der Waals surface area contributed by atoms with Crippen LogP contribution in [-0.4, -0.2) is 15.7 Å². The summed E-state index contributed by atoms with van der Waals surface area (Å²) in [6.45, 7) is 2.00. The first-order chi connectivity index (χ1) is 14.6. The van der Waals surface area contributed by atoms with Crippen LogP contribution in [0.1, 0.15) is 5.56 Å². The average Bonchev–Trinajstić information content (AvgIpc) is 3.12. The minimum Gasteiger partial charge on any atom is -0.409 e. The molecular weight excluding hydrogens is 414 g/mol. The number of carbonyl (C=O) groups is 1. The van der Waals surface area contributed by atoms with Gasteiger partial charge in [-0.05, 0) is 55.5 Å². The van der Waals surface area contributed by atoms with Gasteiger partial charge in [-0.25, -0.2) is 4.68 Å². The van der Waals surface area contributed by atoms with E-state index in [0.29, 0.717) is 5.89 Å². The fourth-order valence-corrected chi connectivity index (χ4v) is 4.63. The van der Waals surface area contributed by atoms with E-state index >= 15 is 0 Å². The number of rotatable bonds is 3. The van der Waals surface area contributed by atoms with E-state index < -0.39 is 0 Å². The van der Waals surface area contributed by atoms with Crippen LogP contribution in [0.4, 0.5) is 11.4 Å². The molecule has 0 aliphatic carbocycles. The molecule has 1 aliphatic rings. The maximum Gasteiger partial charge on any atom is 0.287 e. The highest BCUT2D eigenvalue weighted by atomic mass is 32.2. The molecule has 1 amide bonds. The summed E-state index contributed by atoms with van der Waals surface area (Å²) in [5.74, 6) is 0.276. The van der Waals surface area contributed by atoms with Crippen molar-refractivity contribution in [3.8, 4) is 11.5 Å². The molecule has 7 heteroatoms. The molecule has 5 nitrogen and oxygen atoms in total. The van der Waals surface area contributed by atoms with Crippen molar-refractivity contribution in [3.05, 3.63) is 83.2 Å². The molecule has 0 fully saturated rings. The summed E-state index contributed by atoms with van der Waals surface area (Å²) in [4.78, 5) is 17.4. The smallest absolute Gasteiger partial charge is 0.287 e. The number of anilines is 2. The molecule has 1 aliphatic heterocycles. The summed E-state index contributed by atoms with van der Waals surface area (Å²) in [6, 6.07) is 23.6. The molecule has 0 saturated carbocycles. The molecule has 30 heavy (non-hydrogen) atoms. The Labute approximate surface area is 183 Å². The van der Waals surface area contributed by atoms with Gasteiger partial charge in [0.1, 0.15) is 6.54 Å². The number of aryl methyl sites for hydroxylation is 1. The summed E-state index contributed by atoms with van der Waals surface area (Å²) in [6.07, 6.45) is 0. The number of para-hydroxylation sites is 2. The van der Waals surface area contributed by atoms with Crippen LogP contribution < -0.4 is 4.90 Å². The number of nitrogens with zero attached hydrogens (tertiary/aromatic N) is 3. The van der Waals surface area contributed by atoms with Crippen molar-refractivity contribution in [1.82, 2.24) is 9.78 Å². The minimum absolute atomic E-state index is 0.0124. The second-order valence-electron chi connectivity index (χ2n) is 6.96. The molecule has 0 spiro atoms. The Morgan fingerprint density at radius 2 is 1.57 bits per heavy atom. The van der Waals surface area contributed by atoms with Crippen LogP contribution in [0.5, 0.6) is 0 Å². The van der Waals surface area contributed by atoms with Crippen molar-refractivity contribution in [1.29, 1.82) is 0 Å². The molecule has 1 aromatic heterocycles. The van der Waals surface area contributed by atoms with Gasteiger partial charge in [-0.2, -0.15) is 0 Å². The highest BCUT2D eigenvalue weighted by Gasteiger charge is 2.28. The van der Waals surface area contributed by atoms with Gasteiger partial charge in [-0.15, -0.1) is 5.10 Å². The fraction of sp³-hybridized carbons (Fsp3) is 0.0870. The second-order valence-corrected chi connectivity index (χ2v) is 8.40. The molecule has 0 radical (unpaired) electrons. The van der Waals surface area contributed by atoms with Gasteiger partial charge in [0.25, 0.3) is 10.7 Å². The quantitative estimate of drug-likeness (QED) is 0.372. The second kappa shape index (κ2) is 7.59. The van der Waals surface area contributed by atoms with Crippen LogP contribution in [0.25, 0.3) is 11.5 Å². The largest absolute Gasteiger partial charge is 0.409 e. The number of fused-ring (bicyclic) bond motifs is 2. The average molecular weight is 432 g/mol. The Morgan fingerprint density at radius 3 is 2.20 bits per heavy atom. The van der Waals surface area contributed by atoms with E-state index in [1.54, 1.807) is 16.7 Å². The van der Waals surface area contributed by atoms with E-state index in [0.717, 1.165) is 32.3 Å². The van der Waals surface area contributed by atoms with Gasteiger partial charge in [0.15, 0.2) is 0 Å². The number of aromatic nitrogens is 2. The first-order valence-electron chi connectivity index (χ1n) is 9.44. The fourth-order valence-electron chi connectivity index (χ4n) is 3.39. The summed E-state index contributed by atoms with van der Waals surface area (Å²) in [5.41, 5.74) is 3.69. The van der Waals surface area contributed by atoms with Crippen molar-refractivity contribution in [2.75, 3.05) is 4.90 Å². The number of carbonyl (C=O) groups excluding carboxylic acids is 1. The third-order valence-corrected chi connectivity index (χ3v) is 6.30. The van der Waals surface area contributed by atoms with Crippen molar-refractivity contribution in [2.45, 2.75) is 23.3 Å². The molecule has 0 unspecified atom stereocenters. The number of hydrogen-bond donors (Lipinski definition) is 0. The van der Waals surface area contributed by atoms with Gasteiger partial charge >= 0.3 is 0 Å². The van der Waals surface area contributed by atoms with Crippen molar-refractivity contribution >= 4 is 41.3 Å². The SMILES string of the molecule is Cc1ccc(-c2nn(CC(=O)N3c4ccccc4Sc4ccccc43)c(=S)o2)cc1. The molecule has 4 aromatic rings. The lowest BCUT2D eigenvalue weighted by Crippen LogP contribution is -2.32. The Morgan fingerprint density at radius 1 is 0.967 bits per heavy atom. The van der Waals surface area contributed by atoms with Crippen molar-refractivity contribution < 1.29 is 9.21 Å². The maximum absolute atomic E-state index is 13.4. The predicted molar refractivity (Wildman–Crippen MR) is 120 cm³/mol. The van der Waals surface area contributed by atoms with E-state index in [4.69, 9.17) is 16.6 Å². The Balaban J connectivity index is 1.50. The molecule has 2 heterocycles. The van der Waals surface area contributed by atoms with Crippen LogP contribution in [0.3, 0.4) is 0 Å². The Kier molecular flexibility index (Phi) is 4.77. The van der Waals surface area contributed by atoms with Gasteiger partial charge in [-0.1, -0.05) is 53.7 Å². The summed E-state index contributed by atoms with van der Waals surface area (Å²) in [7, 11) is 0. The molecule has 0 bridgehead atoms.